The molecule has 3 rings (SSSR count). The molecule has 0 saturated carbocycles. The van der Waals surface area contributed by atoms with E-state index in [2.05, 4.69) is 9.72 Å². The Morgan fingerprint density at radius 2 is 1.29 bits per heavy atom. The summed E-state index contributed by atoms with van der Waals surface area (Å²) in [6.45, 7) is 0. The van der Waals surface area contributed by atoms with Crippen LogP contribution in [0.2, 0.25) is 0 Å². The van der Waals surface area contributed by atoms with Crippen LogP contribution < -0.4 is 0 Å². The summed E-state index contributed by atoms with van der Waals surface area (Å²) in [5.41, 5.74) is 0.718. The van der Waals surface area contributed by atoms with Gasteiger partial charge in [0.2, 0.25) is 0 Å². The molecule has 0 bridgehead atoms. The Hall–Kier alpha value is -2.49. The van der Waals surface area contributed by atoms with Gasteiger partial charge in [-0.1, -0.05) is 18.2 Å². The summed E-state index contributed by atoms with van der Waals surface area (Å²) in [5.74, 6) is -1.10. The number of rotatable bonds is 0. The molecule has 1 aromatic heterocycles. The molecular formula is C13H9NO3. The fraction of sp³-hybridized carbons (Fsp3) is 0. The number of aromatic nitrogens is 1. The van der Waals surface area contributed by atoms with Crippen molar-refractivity contribution in [2.24, 2.45) is 0 Å². The first kappa shape index (κ1) is 11.0. The maximum Gasteiger partial charge on any atom is 0.346 e. The van der Waals surface area contributed by atoms with E-state index in [0.717, 1.165) is 0 Å². The van der Waals surface area contributed by atoms with Gasteiger partial charge in [0.1, 0.15) is 0 Å². The highest BCUT2D eigenvalue weighted by Crippen LogP contribution is 2.18. The van der Waals surface area contributed by atoms with E-state index < -0.39 is 11.9 Å². The van der Waals surface area contributed by atoms with Crippen molar-refractivity contribution in [2.75, 3.05) is 0 Å². The predicted molar refractivity (Wildman–Crippen MR) is 60.4 cm³/mol. The molecule has 0 N–H and O–H groups in total. The summed E-state index contributed by atoms with van der Waals surface area (Å²) < 4.78 is 4.35. The van der Waals surface area contributed by atoms with Crippen molar-refractivity contribution in [1.29, 1.82) is 0 Å². The summed E-state index contributed by atoms with van der Waals surface area (Å²) in [4.78, 5) is 25.5. The fourth-order valence-electron chi connectivity index (χ4n) is 1.35. The molecule has 0 aliphatic carbocycles. The van der Waals surface area contributed by atoms with Gasteiger partial charge >= 0.3 is 11.9 Å². The summed E-state index contributed by atoms with van der Waals surface area (Å²) in [6.07, 6.45) is 3.50. The third-order valence-electron chi connectivity index (χ3n) is 2.12. The number of carbonyl (C=O) groups excluding carboxylic acids is 2. The molecule has 1 aliphatic rings. The molecule has 84 valence electrons. The molecular weight excluding hydrogens is 218 g/mol. The van der Waals surface area contributed by atoms with Crippen molar-refractivity contribution in [3.63, 3.8) is 0 Å². The summed E-state index contributed by atoms with van der Waals surface area (Å²) >= 11 is 0. The summed E-state index contributed by atoms with van der Waals surface area (Å²) in [6, 6.07) is 12.2. The molecule has 0 radical (unpaired) electrons. The molecule has 2 heterocycles. The van der Waals surface area contributed by atoms with E-state index in [4.69, 9.17) is 0 Å². The second-order valence-corrected chi connectivity index (χ2v) is 3.25. The highest BCUT2D eigenvalue weighted by molar-refractivity contribution is 6.14. The predicted octanol–water partition coefficient (Wildman–Crippen LogP) is 2.08. The van der Waals surface area contributed by atoms with Crippen molar-refractivity contribution >= 4 is 11.9 Å². The Morgan fingerprint density at radius 3 is 1.65 bits per heavy atom. The van der Waals surface area contributed by atoms with Crippen LogP contribution >= 0.6 is 0 Å². The third kappa shape index (κ3) is 2.55. The van der Waals surface area contributed by atoms with Crippen LogP contribution in [0.5, 0.6) is 0 Å². The van der Waals surface area contributed by atoms with Crippen LogP contribution in [-0.4, -0.2) is 16.9 Å². The molecule has 2 aromatic rings. The third-order valence-corrected chi connectivity index (χ3v) is 2.12. The van der Waals surface area contributed by atoms with Crippen LogP contribution in [-0.2, 0) is 4.74 Å². The van der Waals surface area contributed by atoms with E-state index in [9.17, 15) is 9.59 Å². The number of esters is 2. The number of benzene rings is 1. The standard InChI is InChI=1S/C8H4O3.C5H5N/c9-7-5-3-1-2-4-6(5)8(10)11-7;1-2-4-6-5-3-1/h1-4H;1-5H. The van der Waals surface area contributed by atoms with Gasteiger partial charge in [-0.2, -0.15) is 0 Å². The van der Waals surface area contributed by atoms with Gasteiger partial charge in [-0.3, -0.25) is 4.98 Å². The lowest BCUT2D eigenvalue weighted by Crippen LogP contribution is -1.96. The van der Waals surface area contributed by atoms with Crippen LogP contribution in [0.1, 0.15) is 20.7 Å². The lowest BCUT2D eigenvalue weighted by Gasteiger charge is -1.86. The van der Waals surface area contributed by atoms with Crippen molar-refractivity contribution in [3.8, 4) is 0 Å². The molecule has 4 nitrogen and oxygen atoms in total. The Bertz CT molecular complexity index is 478. The van der Waals surface area contributed by atoms with E-state index in [-0.39, 0.29) is 0 Å². The van der Waals surface area contributed by atoms with Gasteiger partial charge in [0.15, 0.2) is 0 Å². The second-order valence-electron chi connectivity index (χ2n) is 3.25. The monoisotopic (exact) mass is 227 g/mol. The van der Waals surface area contributed by atoms with E-state index in [1.165, 1.54) is 0 Å². The first-order valence-corrected chi connectivity index (χ1v) is 4.99. The Labute approximate surface area is 97.9 Å². The van der Waals surface area contributed by atoms with Crippen LogP contribution in [0.4, 0.5) is 0 Å². The minimum Gasteiger partial charge on any atom is -0.386 e. The quantitative estimate of drug-likeness (QED) is 0.510. The first-order chi connectivity index (χ1) is 8.29. The average molecular weight is 227 g/mol. The van der Waals surface area contributed by atoms with Crippen LogP contribution in [0.3, 0.4) is 0 Å². The lowest BCUT2D eigenvalue weighted by atomic mass is 10.1. The van der Waals surface area contributed by atoms with Crippen molar-refractivity contribution in [1.82, 2.24) is 4.98 Å². The number of cyclic esters (lactones) is 2. The minimum atomic E-state index is -0.550. The molecule has 0 amide bonds. The van der Waals surface area contributed by atoms with E-state index in [0.29, 0.717) is 11.1 Å². The summed E-state index contributed by atoms with van der Waals surface area (Å²) in [7, 11) is 0. The number of nitrogens with zero attached hydrogens (tertiary/aromatic N) is 1. The number of carbonyl (C=O) groups is 2. The second kappa shape index (κ2) is 5.03. The van der Waals surface area contributed by atoms with Crippen LogP contribution in [0.25, 0.3) is 0 Å². The smallest absolute Gasteiger partial charge is 0.346 e. The van der Waals surface area contributed by atoms with Gasteiger partial charge in [0, 0.05) is 12.4 Å². The van der Waals surface area contributed by atoms with Crippen LogP contribution in [0, 0.1) is 0 Å². The molecule has 0 fully saturated rings. The highest BCUT2D eigenvalue weighted by Gasteiger charge is 2.28. The molecule has 1 aliphatic heterocycles. The zero-order valence-corrected chi connectivity index (χ0v) is 8.87. The van der Waals surface area contributed by atoms with Gasteiger partial charge in [0.25, 0.3) is 0 Å². The molecule has 0 saturated heterocycles. The molecule has 17 heavy (non-hydrogen) atoms. The first-order valence-electron chi connectivity index (χ1n) is 4.99. The van der Waals surface area contributed by atoms with Gasteiger partial charge in [-0.15, -0.1) is 0 Å². The largest absolute Gasteiger partial charge is 0.386 e. The SMILES string of the molecule is O=C1OC(=O)c2ccccc21.c1ccncc1. The van der Waals surface area contributed by atoms with Gasteiger partial charge < -0.3 is 4.74 Å². The zero-order valence-electron chi connectivity index (χ0n) is 8.87. The maximum absolute atomic E-state index is 10.8. The van der Waals surface area contributed by atoms with E-state index >= 15 is 0 Å². The molecule has 1 aromatic carbocycles. The Morgan fingerprint density at radius 1 is 0.765 bits per heavy atom. The number of ether oxygens (including phenoxy) is 1. The maximum atomic E-state index is 10.8. The minimum absolute atomic E-state index is 0.359. The Balaban J connectivity index is 0.000000153. The van der Waals surface area contributed by atoms with Gasteiger partial charge in [-0.25, -0.2) is 9.59 Å². The van der Waals surface area contributed by atoms with Crippen molar-refractivity contribution < 1.29 is 14.3 Å². The number of fused-ring (bicyclic) bond motifs is 1. The molecule has 0 atom stereocenters. The summed E-state index contributed by atoms with van der Waals surface area (Å²) in [5, 5.41) is 0. The zero-order chi connectivity index (χ0) is 12.1. The van der Waals surface area contributed by atoms with Crippen LogP contribution in [0.15, 0.2) is 54.9 Å². The topological polar surface area (TPSA) is 56.3 Å². The fourth-order valence-corrected chi connectivity index (χ4v) is 1.35. The van der Waals surface area contributed by atoms with Crippen molar-refractivity contribution in [2.45, 2.75) is 0 Å². The number of pyridine rings is 1. The Kier molecular flexibility index (Phi) is 3.25. The van der Waals surface area contributed by atoms with Gasteiger partial charge in [-0.05, 0) is 24.3 Å². The normalized spacial score (nSPS) is 12.2. The van der Waals surface area contributed by atoms with Crippen molar-refractivity contribution in [3.05, 3.63) is 66.0 Å². The number of hydrogen-bond acceptors (Lipinski definition) is 4. The molecule has 0 unspecified atom stereocenters. The highest BCUT2D eigenvalue weighted by atomic mass is 16.6. The lowest BCUT2D eigenvalue weighted by molar-refractivity contribution is 0.0444. The van der Waals surface area contributed by atoms with E-state index in [1.54, 1.807) is 36.7 Å². The number of hydrogen-bond donors (Lipinski definition) is 0. The van der Waals surface area contributed by atoms with E-state index in [1.807, 2.05) is 18.2 Å². The average Bonchev–Trinajstić information content (AvgIpc) is 2.69. The molecule has 0 spiro atoms. The van der Waals surface area contributed by atoms with Gasteiger partial charge in [0.05, 0.1) is 11.1 Å². The molecule has 4 heteroatoms.